The minimum atomic E-state index is -5.81. The second kappa shape index (κ2) is 70.9. The van der Waals surface area contributed by atoms with E-state index in [2.05, 4.69) is 64.2 Å². The Labute approximate surface area is 710 Å². The molecule has 2 heterocycles. The van der Waals surface area contributed by atoms with Crippen molar-refractivity contribution in [2.24, 2.45) is 0 Å². The van der Waals surface area contributed by atoms with E-state index in [0.717, 1.165) is 154 Å². The van der Waals surface area contributed by atoms with Crippen molar-refractivity contribution in [3.05, 3.63) is 36.5 Å². The molecule has 0 spiro atoms. The van der Waals surface area contributed by atoms with Crippen LogP contribution in [0, 0.1) is 0 Å². The molecule has 0 radical (unpaired) electrons. The molecule has 10 N–H and O–H groups in total. The number of aliphatic hydroxyl groups excluding tert-OH is 9. The lowest BCUT2D eigenvalue weighted by Gasteiger charge is -2.50. The molecule has 0 aromatic rings. The van der Waals surface area contributed by atoms with Crippen LogP contribution in [-0.4, -0.2) is 205 Å². The first-order chi connectivity index (χ1) is 57.2. The van der Waals surface area contributed by atoms with Crippen molar-refractivity contribution in [1.29, 1.82) is 0 Å². The molecule has 25 nitrogen and oxygen atoms in total. The van der Waals surface area contributed by atoms with Gasteiger partial charge in [-0.3, -0.25) is 28.2 Å². The van der Waals surface area contributed by atoms with E-state index < -0.39 is 162 Å². The molecule has 118 heavy (non-hydrogen) atoms. The number of carbonyl (C=O) groups is 4. The molecular formula is C92H167O25P. The maximum absolute atomic E-state index is 14.9. The van der Waals surface area contributed by atoms with E-state index in [1.54, 1.807) is 0 Å². The quantitative estimate of drug-likeness (QED) is 0.00889. The molecule has 18 unspecified atom stereocenters. The highest BCUT2D eigenvalue weighted by Gasteiger charge is 2.60. The summed E-state index contributed by atoms with van der Waals surface area (Å²) >= 11 is 0. The number of rotatable bonds is 76. The topological polar surface area (TPSA) is 380 Å². The molecule has 3 aliphatic rings. The number of ether oxygens (including phenoxy) is 8. The van der Waals surface area contributed by atoms with Gasteiger partial charge in [0.15, 0.2) is 24.8 Å². The Balaban J connectivity index is 1.92. The molecule has 18 atom stereocenters. The normalized spacial score (nSPS) is 25.1. The summed E-state index contributed by atoms with van der Waals surface area (Å²) in [6.07, 6.45) is 32.8. The lowest BCUT2D eigenvalue weighted by atomic mass is 9.84. The number of phosphoric ester groups is 1. The fraction of sp³-hybridized carbons (Fsp3) is 0.891. The number of phosphoric acid groups is 1. The van der Waals surface area contributed by atoms with Crippen LogP contribution in [0.4, 0.5) is 0 Å². The Bertz CT molecular complexity index is 2600. The second-order valence-electron chi connectivity index (χ2n) is 33.5. The Morgan fingerprint density at radius 3 is 1.03 bits per heavy atom. The average Bonchev–Trinajstić information content (AvgIpc) is 0.754. The van der Waals surface area contributed by atoms with Gasteiger partial charge in [-0.05, 0) is 103 Å². The summed E-state index contributed by atoms with van der Waals surface area (Å²) in [5.74, 6) is -2.99. The first-order valence-electron chi connectivity index (χ1n) is 47.2. The maximum Gasteiger partial charge on any atom is 0.472 e. The number of esters is 4. The fourth-order valence-corrected chi connectivity index (χ4v) is 16.3. The molecule has 0 aromatic carbocycles. The Kier molecular flexibility index (Phi) is 65.4. The van der Waals surface area contributed by atoms with Gasteiger partial charge in [0.05, 0.1) is 13.2 Å². The number of unbranched alkanes of at least 4 members (excludes halogenated alkanes) is 46. The molecule has 0 amide bonds. The van der Waals surface area contributed by atoms with Crippen molar-refractivity contribution in [2.75, 3.05) is 26.4 Å². The molecule has 1 aliphatic carbocycles. The summed E-state index contributed by atoms with van der Waals surface area (Å²) < 4.78 is 73.4. The molecule has 3 rings (SSSR count). The zero-order chi connectivity index (χ0) is 86.1. The largest absolute Gasteiger partial charge is 0.472 e. The zero-order valence-electron chi connectivity index (χ0n) is 73.5. The predicted molar refractivity (Wildman–Crippen MR) is 458 cm³/mol. The van der Waals surface area contributed by atoms with Crippen LogP contribution in [0.2, 0.25) is 0 Å². The third kappa shape index (κ3) is 50.6. The summed E-state index contributed by atoms with van der Waals surface area (Å²) in [5.41, 5.74) is 0. The van der Waals surface area contributed by atoms with Gasteiger partial charge in [-0.1, -0.05) is 302 Å². The standard InChI is InChI=1S/C92H167O25P/c1-5-9-13-17-21-25-29-33-36-39-42-45-49-53-57-61-65-76(95)109-71-74-80(99)82(101)86(105)92(113-74)116-89-87(114-78(97)67-63-59-55-51-47-43-38-35-31-27-23-19-15-11-7-3)83(102)84(103)88(115-91-85(104)81(100)79(98)73(68-93)112-91)90(89)117-118(106,107)110-70-72(111-77(96)66-62-58-54-50-46-40-32-28-24-20-16-12-8-4)69-108-75(94)64-60-56-52-48-44-41-37-34-30-26-22-18-14-10-6-2/h26-27,30-31,40,46,72-74,79-93,98-105H,5-25,28-29,32-39,41-45,47-71H2,1-4H3,(H,106,107)/b30-26-,31-27-,46-40-. The van der Waals surface area contributed by atoms with Crippen molar-refractivity contribution in [1.82, 2.24) is 0 Å². The number of aliphatic hydroxyl groups is 9. The van der Waals surface area contributed by atoms with Crippen LogP contribution in [0.1, 0.15) is 394 Å². The van der Waals surface area contributed by atoms with Gasteiger partial charge in [-0.2, -0.15) is 0 Å². The summed E-state index contributed by atoms with van der Waals surface area (Å²) in [5, 5.41) is 102. The number of hydrogen-bond acceptors (Lipinski definition) is 24. The molecule has 690 valence electrons. The van der Waals surface area contributed by atoms with Crippen molar-refractivity contribution in [2.45, 2.75) is 498 Å². The van der Waals surface area contributed by atoms with Crippen molar-refractivity contribution < 1.29 is 122 Å². The number of hydrogen-bond donors (Lipinski definition) is 10. The van der Waals surface area contributed by atoms with Crippen LogP contribution >= 0.6 is 7.82 Å². The first-order valence-corrected chi connectivity index (χ1v) is 48.7. The van der Waals surface area contributed by atoms with Crippen molar-refractivity contribution in [3.63, 3.8) is 0 Å². The molecule has 0 aromatic heterocycles. The predicted octanol–water partition coefficient (Wildman–Crippen LogP) is 17.5. The minimum Gasteiger partial charge on any atom is -0.463 e. The van der Waals surface area contributed by atoms with Crippen LogP contribution in [0.15, 0.2) is 36.5 Å². The third-order valence-electron chi connectivity index (χ3n) is 22.8. The summed E-state index contributed by atoms with van der Waals surface area (Å²) in [6.45, 7) is 5.55. The summed E-state index contributed by atoms with van der Waals surface area (Å²) in [4.78, 5) is 66.4. The summed E-state index contributed by atoms with van der Waals surface area (Å²) in [7, 11) is -5.81. The highest BCUT2D eigenvalue weighted by molar-refractivity contribution is 7.47. The Morgan fingerprint density at radius 1 is 0.331 bits per heavy atom. The molecule has 1 saturated carbocycles. The number of allylic oxidation sites excluding steroid dienone is 6. The lowest BCUT2D eigenvalue weighted by Crippen LogP contribution is -2.70. The fourth-order valence-electron chi connectivity index (χ4n) is 15.3. The van der Waals surface area contributed by atoms with Crippen LogP contribution < -0.4 is 0 Å². The highest BCUT2D eigenvalue weighted by Crippen LogP contribution is 2.49. The molecule has 26 heteroatoms. The van der Waals surface area contributed by atoms with E-state index in [1.165, 1.54) is 148 Å². The monoisotopic (exact) mass is 1700 g/mol. The van der Waals surface area contributed by atoms with Gasteiger partial charge in [0.25, 0.3) is 0 Å². The van der Waals surface area contributed by atoms with Crippen LogP contribution in [0.3, 0.4) is 0 Å². The van der Waals surface area contributed by atoms with E-state index >= 15 is 0 Å². The van der Waals surface area contributed by atoms with Crippen LogP contribution in [0.25, 0.3) is 0 Å². The van der Waals surface area contributed by atoms with Gasteiger partial charge < -0.3 is 88.7 Å². The van der Waals surface area contributed by atoms with Crippen molar-refractivity contribution in [3.8, 4) is 0 Å². The highest BCUT2D eigenvalue weighted by atomic mass is 31.2. The zero-order valence-corrected chi connectivity index (χ0v) is 74.4. The maximum atomic E-state index is 14.9. The smallest absolute Gasteiger partial charge is 0.463 e. The Morgan fingerprint density at radius 2 is 0.636 bits per heavy atom. The lowest BCUT2D eigenvalue weighted by molar-refractivity contribution is -0.360. The van der Waals surface area contributed by atoms with Crippen LogP contribution in [-0.2, 0) is 70.7 Å². The van der Waals surface area contributed by atoms with E-state index in [4.69, 9.17) is 46.9 Å². The molecular weight excluding hydrogens is 1540 g/mol. The SMILES string of the molecule is CCCCCC/C=C\CCCCCCCCCC(=O)OCC(COP(=O)(O)OC1C(OC2OC(CO)C(O)C(O)C2O)C(O)C(O)C(OC(=O)CCCCCCCCC/C=C\CCCCCC)C1OC1OC(COC(=O)CCCCCCCCCCCCCCCCCC)C(O)C(O)C1O)OC(=O)CCCCC/C=C\CCCCCCCC. The van der Waals surface area contributed by atoms with E-state index in [9.17, 15) is 74.6 Å². The molecule has 2 aliphatic heterocycles. The molecule has 0 bridgehead atoms. The average molecular weight is 1700 g/mol. The van der Waals surface area contributed by atoms with Gasteiger partial charge >= 0.3 is 31.7 Å². The minimum absolute atomic E-state index is 0.0155. The van der Waals surface area contributed by atoms with E-state index in [-0.39, 0.29) is 25.7 Å². The molecule has 2 saturated heterocycles. The van der Waals surface area contributed by atoms with Crippen molar-refractivity contribution >= 4 is 31.7 Å². The van der Waals surface area contributed by atoms with Crippen LogP contribution in [0.5, 0.6) is 0 Å². The van der Waals surface area contributed by atoms with Gasteiger partial charge in [0.2, 0.25) is 0 Å². The molecule has 3 fully saturated rings. The second-order valence-corrected chi connectivity index (χ2v) is 34.9. The summed E-state index contributed by atoms with van der Waals surface area (Å²) in [6, 6.07) is 0. The van der Waals surface area contributed by atoms with E-state index in [0.29, 0.717) is 38.5 Å². The van der Waals surface area contributed by atoms with Gasteiger partial charge in [0.1, 0.15) is 92.6 Å². The number of carbonyl (C=O) groups excluding carboxylic acids is 4. The van der Waals surface area contributed by atoms with Gasteiger partial charge in [-0.15, -0.1) is 0 Å². The van der Waals surface area contributed by atoms with E-state index in [1.807, 2.05) is 0 Å². The third-order valence-corrected chi connectivity index (χ3v) is 23.8. The van der Waals surface area contributed by atoms with Gasteiger partial charge in [-0.25, -0.2) is 4.57 Å². The Hall–Kier alpha value is -3.31. The van der Waals surface area contributed by atoms with Gasteiger partial charge in [0, 0.05) is 25.7 Å². The first kappa shape index (κ1) is 109.